The summed E-state index contributed by atoms with van der Waals surface area (Å²) in [7, 11) is 0. The molecule has 2 rings (SSSR count). The van der Waals surface area contributed by atoms with Gasteiger partial charge in [0.25, 0.3) is 0 Å². The van der Waals surface area contributed by atoms with E-state index in [2.05, 4.69) is 24.1 Å². The van der Waals surface area contributed by atoms with E-state index in [0.29, 0.717) is 5.41 Å². The zero-order valence-electron chi connectivity index (χ0n) is 11.1. The Morgan fingerprint density at radius 3 is 2.81 bits per heavy atom. The number of nitrogens with one attached hydrogen (secondary N) is 1. The molecule has 0 bridgehead atoms. The van der Waals surface area contributed by atoms with Gasteiger partial charge in [0.1, 0.15) is 0 Å². The van der Waals surface area contributed by atoms with Crippen molar-refractivity contribution in [1.29, 1.82) is 0 Å². The third-order valence-corrected chi connectivity index (χ3v) is 4.82. The van der Waals surface area contributed by atoms with E-state index in [0.717, 1.165) is 5.92 Å². The van der Waals surface area contributed by atoms with E-state index >= 15 is 0 Å². The average molecular weight is 224 g/mol. The van der Waals surface area contributed by atoms with Gasteiger partial charge in [0.05, 0.1) is 0 Å². The lowest BCUT2D eigenvalue weighted by Gasteiger charge is -2.40. The summed E-state index contributed by atoms with van der Waals surface area (Å²) in [5, 5.41) is 3.60. The largest absolute Gasteiger partial charge is 0.316 e. The van der Waals surface area contributed by atoms with Gasteiger partial charge in [-0.3, -0.25) is 0 Å². The van der Waals surface area contributed by atoms with Gasteiger partial charge in [-0.25, -0.2) is 0 Å². The molecule has 0 spiro atoms. The zero-order valence-corrected chi connectivity index (χ0v) is 11.1. The Balaban J connectivity index is 1.86. The minimum atomic E-state index is 0.584. The van der Waals surface area contributed by atoms with Gasteiger partial charge in [-0.15, -0.1) is 0 Å². The van der Waals surface area contributed by atoms with Crippen LogP contribution in [0.4, 0.5) is 0 Å². The molecule has 2 heterocycles. The van der Waals surface area contributed by atoms with Crippen molar-refractivity contribution in [2.45, 2.75) is 46.0 Å². The summed E-state index contributed by atoms with van der Waals surface area (Å²) in [5.74, 6) is 0.977. The smallest absolute Gasteiger partial charge is 0.00502 e. The van der Waals surface area contributed by atoms with Crippen LogP contribution in [0, 0.1) is 11.3 Å². The summed E-state index contributed by atoms with van der Waals surface area (Å²) in [6.45, 7) is 11.2. The number of likely N-dealkylation sites (tertiary alicyclic amines) is 1. The van der Waals surface area contributed by atoms with Gasteiger partial charge in [0.2, 0.25) is 0 Å². The Morgan fingerprint density at radius 1 is 1.38 bits per heavy atom. The van der Waals surface area contributed by atoms with Gasteiger partial charge >= 0.3 is 0 Å². The van der Waals surface area contributed by atoms with Crippen LogP contribution in [-0.2, 0) is 0 Å². The number of hydrogen-bond donors (Lipinski definition) is 1. The fraction of sp³-hybridized carbons (Fsp3) is 1.00. The Hall–Kier alpha value is -0.0800. The molecule has 0 aromatic carbocycles. The second kappa shape index (κ2) is 5.50. The fourth-order valence-electron chi connectivity index (χ4n) is 3.44. The number of rotatable bonds is 4. The first-order valence-corrected chi connectivity index (χ1v) is 7.21. The molecule has 0 radical (unpaired) electrons. The summed E-state index contributed by atoms with van der Waals surface area (Å²) >= 11 is 0. The van der Waals surface area contributed by atoms with Crippen molar-refractivity contribution >= 4 is 0 Å². The van der Waals surface area contributed by atoms with Gasteiger partial charge in [-0.1, -0.05) is 20.3 Å². The van der Waals surface area contributed by atoms with Crippen molar-refractivity contribution in [1.82, 2.24) is 10.2 Å². The molecule has 2 aliphatic heterocycles. The quantitative estimate of drug-likeness (QED) is 0.789. The predicted molar refractivity (Wildman–Crippen MR) is 69.7 cm³/mol. The van der Waals surface area contributed by atoms with E-state index in [4.69, 9.17) is 0 Å². The molecule has 2 saturated heterocycles. The van der Waals surface area contributed by atoms with Crippen LogP contribution < -0.4 is 5.32 Å². The standard InChI is InChI=1S/C14H28N2/c1-3-13-6-9-16(10-13)12-14(4-2)7-5-8-15-11-14/h13,15H,3-12H2,1-2H3. The molecule has 0 aliphatic carbocycles. The normalized spacial score (nSPS) is 36.8. The van der Waals surface area contributed by atoms with Crippen molar-refractivity contribution in [3.05, 3.63) is 0 Å². The van der Waals surface area contributed by atoms with Gasteiger partial charge in [-0.05, 0) is 50.1 Å². The highest BCUT2D eigenvalue weighted by atomic mass is 15.2. The highest BCUT2D eigenvalue weighted by molar-refractivity contribution is 4.89. The first kappa shape index (κ1) is 12.4. The molecule has 0 aromatic heterocycles. The van der Waals surface area contributed by atoms with E-state index < -0.39 is 0 Å². The molecular formula is C14H28N2. The molecular weight excluding hydrogens is 196 g/mol. The van der Waals surface area contributed by atoms with Crippen molar-refractivity contribution in [2.24, 2.45) is 11.3 Å². The molecule has 0 amide bonds. The van der Waals surface area contributed by atoms with E-state index in [9.17, 15) is 0 Å². The van der Waals surface area contributed by atoms with Crippen molar-refractivity contribution < 1.29 is 0 Å². The van der Waals surface area contributed by atoms with E-state index in [1.807, 2.05) is 0 Å². The summed E-state index contributed by atoms with van der Waals surface area (Å²) < 4.78 is 0. The SMILES string of the molecule is CCC1CCN(CC2(CC)CCCNC2)C1. The molecule has 94 valence electrons. The topological polar surface area (TPSA) is 15.3 Å². The molecule has 16 heavy (non-hydrogen) atoms. The molecule has 2 aliphatic rings. The second-order valence-electron chi connectivity index (χ2n) is 5.93. The number of piperidine rings is 1. The maximum absolute atomic E-state index is 3.60. The van der Waals surface area contributed by atoms with Crippen LogP contribution in [0.1, 0.15) is 46.0 Å². The summed E-state index contributed by atoms with van der Waals surface area (Å²) in [6.07, 6.45) is 6.95. The lowest BCUT2D eigenvalue weighted by molar-refractivity contribution is 0.125. The van der Waals surface area contributed by atoms with Crippen molar-refractivity contribution in [3.8, 4) is 0 Å². The number of nitrogens with zero attached hydrogens (tertiary/aromatic N) is 1. The highest BCUT2D eigenvalue weighted by Gasteiger charge is 2.34. The van der Waals surface area contributed by atoms with Crippen LogP contribution in [0.5, 0.6) is 0 Å². The van der Waals surface area contributed by atoms with Crippen LogP contribution in [0.25, 0.3) is 0 Å². The van der Waals surface area contributed by atoms with E-state index in [1.165, 1.54) is 64.8 Å². The van der Waals surface area contributed by atoms with Crippen LogP contribution >= 0.6 is 0 Å². The minimum Gasteiger partial charge on any atom is -0.316 e. The minimum absolute atomic E-state index is 0.584. The van der Waals surface area contributed by atoms with Crippen LogP contribution in [0.15, 0.2) is 0 Å². The molecule has 1 N–H and O–H groups in total. The van der Waals surface area contributed by atoms with Crippen molar-refractivity contribution in [2.75, 3.05) is 32.7 Å². The van der Waals surface area contributed by atoms with Crippen molar-refractivity contribution in [3.63, 3.8) is 0 Å². The third kappa shape index (κ3) is 2.78. The van der Waals surface area contributed by atoms with Gasteiger partial charge < -0.3 is 10.2 Å². The average Bonchev–Trinajstić information content (AvgIpc) is 2.78. The molecule has 2 nitrogen and oxygen atoms in total. The second-order valence-corrected chi connectivity index (χ2v) is 5.93. The first-order chi connectivity index (χ1) is 7.78. The first-order valence-electron chi connectivity index (χ1n) is 7.21. The van der Waals surface area contributed by atoms with E-state index in [-0.39, 0.29) is 0 Å². The lowest BCUT2D eigenvalue weighted by atomic mass is 9.78. The monoisotopic (exact) mass is 224 g/mol. The molecule has 2 atom stereocenters. The highest BCUT2D eigenvalue weighted by Crippen LogP contribution is 2.33. The molecule has 0 aromatic rings. The predicted octanol–water partition coefficient (Wildman–Crippen LogP) is 2.50. The fourth-order valence-corrected chi connectivity index (χ4v) is 3.44. The maximum atomic E-state index is 3.60. The molecule has 2 unspecified atom stereocenters. The summed E-state index contributed by atoms with van der Waals surface area (Å²) in [6, 6.07) is 0. The Morgan fingerprint density at radius 2 is 2.25 bits per heavy atom. The third-order valence-electron chi connectivity index (χ3n) is 4.82. The Kier molecular flexibility index (Phi) is 4.26. The summed E-state index contributed by atoms with van der Waals surface area (Å²) in [4.78, 5) is 2.73. The van der Waals surface area contributed by atoms with Gasteiger partial charge in [0.15, 0.2) is 0 Å². The maximum Gasteiger partial charge on any atom is 0.00502 e. The van der Waals surface area contributed by atoms with Crippen LogP contribution in [0.3, 0.4) is 0 Å². The van der Waals surface area contributed by atoms with Crippen LogP contribution in [-0.4, -0.2) is 37.6 Å². The molecule has 0 saturated carbocycles. The van der Waals surface area contributed by atoms with E-state index in [1.54, 1.807) is 0 Å². The Labute approximate surface area is 101 Å². The molecule has 2 fully saturated rings. The van der Waals surface area contributed by atoms with Gasteiger partial charge in [0, 0.05) is 19.6 Å². The Bertz CT molecular complexity index is 209. The zero-order chi connectivity index (χ0) is 11.4. The number of hydrogen-bond acceptors (Lipinski definition) is 2. The van der Waals surface area contributed by atoms with Gasteiger partial charge in [-0.2, -0.15) is 0 Å². The lowest BCUT2D eigenvalue weighted by Crippen LogP contribution is -2.46. The van der Waals surface area contributed by atoms with Crippen LogP contribution in [0.2, 0.25) is 0 Å². The summed E-state index contributed by atoms with van der Waals surface area (Å²) in [5.41, 5.74) is 0.584. The molecule has 2 heteroatoms.